The van der Waals surface area contributed by atoms with Crippen molar-refractivity contribution in [3.05, 3.63) is 16.6 Å². The molecule has 17 heavy (non-hydrogen) atoms. The Bertz CT molecular complexity index is 327. The van der Waals surface area contributed by atoms with Crippen molar-refractivity contribution >= 4 is 11.3 Å². The fourth-order valence-corrected chi connectivity index (χ4v) is 3.21. The monoisotopic (exact) mass is 255 g/mol. The van der Waals surface area contributed by atoms with Crippen LogP contribution in [-0.4, -0.2) is 48.8 Å². The van der Waals surface area contributed by atoms with Crippen LogP contribution < -0.4 is 5.32 Å². The van der Waals surface area contributed by atoms with Gasteiger partial charge in [0, 0.05) is 30.2 Å². The molecule has 0 bridgehead atoms. The lowest BCUT2D eigenvalue weighted by Crippen LogP contribution is -2.50. The van der Waals surface area contributed by atoms with Gasteiger partial charge >= 0.3 is 0 Å². The molecule has 0 amide bonds. The number of thiazole rings is 1. The predicted octanol–water partition coefficient (Wildman–Crippen LogP) is 1.51. The minimum absolute atomic E-state index is 0.219. The Morgan fingerprint density at radius 2 is 2.47 bits per heavy atom. The molecular weight excluding hydrogens is 234 g/mol. The van der Waals surface area contributed by atoms with E-state index in [0.717, 1.165) is 19.7 Å². The van der Waals surface area contributed by atoms with Crippen molar-refractivity contribution in [1.82, 2.24) is 15.2 Å². The maximum atomic E-state index is 5.91. The SMILES string of the molecule is CNCC1OCCN(C(C)C)C1c1cncs1. The largest absolute Gasteiger partial charge is 0.374 e. The number of hydrogen-bond donors (Lipinski definition) is 1. The fourth-order valence-electron chi connectivity index (χ4n) is 2.42. The summed E-state index contributed by atoms with van der Waals surface area (Å²) in [6.07, 6.45) is 2.19. The highest BCUT2D eigenvalue weighted by molar-refractivity contribution is 7.09. The van der Waals surface area contributed by atoms with Crippen LogP contribution in [0.2, 0.25) is 0 Å². The van der Waals surface area contributed by atoms with Gasteiger partial charge in [-0.2, -0.15) is 0 Å². The van der Waals surface area contributed by atoms with Gasteiger partial charge in [-0.05, 0) is 20.9 Å². The van der Waals surface area contributed by atoms with Crippen molar-refractivity contribution in [2.24, 2.45) is 0 Å². The lowest BCUT2D eigenvalue weighted by atomic mass is 10.0. The zero-order valence-corrected chi connectivity index (χ0v) is 11.5. The van der Waals surface area contributed by atoms with Crippen LogP contribution in [-0.2, 0) is 4.74 Å². The van der Waals surface area contributed by atoms with E-state index in [2.05, 4.69) is 29.0 Å². The molecule has 96 valence electrons. The molecule has 4 nitrogen and oxygen atoms in total. The van der Waals surface area contributed by atoms with Gasteiger partial charge in [0.05, 0.1) is 24.3 Å². The minimum Gasteiger partial charge on any atom is -0.374 e. The van der Waals surface area contributed by atoms with Crippen LogP contribution >= 0.6 is 11.3 Å². The third-order valence-electron chi connectivity index (χ3n) is 3.20. The zero-order chi connectivity index (χ0) is 12.3. The number of ether oxygens (including phenoxy) is 1. The summed E-state index contributed by atoms with van der Waals surface area (Å²) >= 11 is 1.72. The van der Waals surface area contributed by atoms with Crippen LogP contribution in [0.15, 0.2) is 11.7 Å². The van der Waals surface area contributed by atoms with Gasteiger partial charge in [-0.15, -0.1) is 11.3 Å². The van der Waals surface area contributed by atoms with Crippen molar-refractivity contribution in [3.8, 4) is 0 Å². The van der Waals surface area contributed by atoms with Gasteiger partial charge in [-0.1, -0.05) is 0 Å². The zero-order valence-electron chi connectivity index (χ0n) is 10.7. The van der Waals surface area contributed by atoms with Crippen molar-refractivity contribution in [1.29, 1.82) is 0 Å². The Balaban J connectivity index is 2.22. The maximum Gasteiger partial charge on any atom is 0.0905 e. The molecule has 5 heteroatoms. The predicted molar refractivity (Wildman–Crippen MR) is 70.4 cm³/mol. The summed E-state index contributed by atoms with van der Waals surface area (Å²) in [7, 11) is 1.97. The smallest absolute Gasteiger partial charge is 0.0905 e. The molecule has 2 atom stereocenters. The van der Waals surface area contributed by atoms with E-state index in [1.54, 1.807) is 11.3 Å². The molecule has 1 aliphatic heterocycles. The molecule has 0 aromatic carbocycles. The van der Waals surface area contributed by atoms with Gasteiger partial charge in [0.25, 0.3) is 0 Å². The second-order valence-corrected chi connectivity index (χ2v) is 5.57. The van der Waals surface area contributed by atoms with E-state index in [1.807, 2.05) is 18.8 Å². The van der Waals surface area contributed by atoms with Crippen molar-refractivity contribution in [2.75, 3.05) is 26.7 Å². The van der Waals surface area contributed by atoms with Crippen LogP contribution in [0.1, 0.15) is 24.8 Å². The van der Waals surface area contributed by atoms with E-state index in [1.165, 1.54) is 4.88 Å². The Hall–Kier alpha value is -0.490. The van der Waals surface area contributed by atoms with Gasteiger partial charge in [0.2, 0.25) is 0 Å². The Kier molecular flexibility index (Phi) is 4.50. The first-order valence-electron chi connectivity index (χ1n) is 6.14. The summed E-state index contributed by atoms with van der Waals surface area (Å²) in [6, 6.07) is 0.869. The summed E-state index contributed by atoms with van der Waals surface area (Å²) in [4.78, 5) is 8.02. The van der Waals surface area contributed by atoms with Crippen LogP contribution in [0.4, 0.5) is 0 Å². The molecular formula is C12H21N3OS. The van der Waals surface area contributed by atoms with Crippen molar-refractivity contribution in [3.63, 3.8) is 0 Å². The second kappa shape index (κ2) is 5.91. The Morgan fingerprint density at radius 3 is 3.06 bits per heavy atom. The van der Waals surface area contributed by atoms with Crippen LogP contribution in [0, 0.1) is 0 Å². The van der Waals surface area contributed by atoms with Crippen LogP contribution in [0.25, 0.3) is 0 Å². The average Bonchev–Trinajstić information content (AvgIpc) is 2.82. The molecule has 1 aliphatic rings. The minimum atomic E-state index is 0.219. The van der Waals surface area contributed by atoms with Gasteiger partial charge < -0.3 is 10.1 Å². The van der Waals surface area contributed by atoms with Gasteiger partial charge in [0.1, 0.15) is 0 Å². The van der Waals surface area contributed by atoms with E-state index < -0.39 is 0 Å². The quantitative estimate of drug-likeness (QED) is 0.885. The molecule has 0 spiro atoms. The first-order valence-corrected chi connectivity index (χ1v) is 7.02. The standard InChI is InChI=1S/C12H21N3OS/c1-9(2)15-4-5-16-10(6-13-3)12(15)11-7-14-8-17-11/h7-10,12-13H,4-6H2,1-3H3. The third kappa shape index (κ3) is 2.85. The second-order valence-electron chi connectivity index (χ2n) is 4.65. The van der Waals surface area contributed by atoms with E-state index in [9.17, 15) is 0 Å². The summed E-state index contributed by atoms with van der Waals surface area (Å²) in [5.41, 5.74) is 1.90. The van der Waals surface area contributed by atoms with E-state index in [-0.39, 0.29) is 6.10 Å². The molecule has 2 unspecified atom stereocenters. The lowest BCUT2D eigenvalue weighted by Gasteiger charge is -2.42. The first-order chi connectivity index (χ1) is 8.24. The first kappa shape index (κ1) is 13.0. The average molecular weight is 255 g/mol. The molecule has 1 N–H and O–H groups in total. The van der Waals surface area contributed by atoms with Gasteiger partial charge in [0.15, 0.2) is 0 Å². The molecule has 1 saturated heterocycles. The van der Waals surface area contributed by atoms with Crippen molar-refractivity contribution in [2.45, 2.75) is 32.0 Å². The number of nitrogens with one attached hydrogen (secondary N) is 1. The summed E-state index contributed by atoms with van der Waals surface area (Å²) < 4.78 is 5.91. The number of rotatable bonds is 4. The normalized spacial score (nSPS) is 26.6. The molecule has 0 saturated carbocycles. The van der Waals surface area contributed by atoms with E-state index in [0.29, 0.717) is 12.1 Å². The molecule has 1 aromatic heterocycles. The van der Waals surface area contributed by atoms with Crippen LogP contribution in [0.5, 0.6) is 0 Å². The highest BCUT2D eigenvalue weighted by Crippen LogP contribution is 2.32. The molecule has 2 heterocycles. The molecule has 0 aliphatic carbocycles. The maximum absolute atomic E-state index is 5.91. The Morgan fingerprint density at radius 1 is 1.65 bits per heavy atom. The summed E-state index contributed by atoms with van der Waals surface area (Å²) in [5, 5.41) is 3.22. The number of morpholine rings is 1. The number of likely N-dealkylation sites (N-methyl/N-ethyl adjacent to an activating group) is 1. The third-order valence-corrected chi connectivity index (χ3v) is 4.05. The van der Waals surface area contributed by atoms with Gasteiger partial charge in [-0.3, -0.25) is 9.88 Å². The number of hydrogen-bond acceptors (Lipinski definition) is 5. The molecule has 1 aromatic rings. The van der Waals surface area contributed by atoms with Gasteiger partial charge in [-0.25, -0.2) is 0 Å². The highest BCUT2D eigenvalue weighted by atomic mass is 32.1. The van der Waals surface area contributed by atoms with Crippen molar-refractivity contribution < 1.29 is 4.74 Å². The van der Waals surface area contributed by atoms with E-state index >= 15 is 0 Å². The fraction of sp³-hybridized carbons (Fsp3) is 0.750. The van der Waals surface area contributed by atoms with Crippen LogP contribution in [0.3, 0.4) is 0 Å². The topological polar surface area (TPSA) is 37.4 Å². The Labute approximate surface area is 107 Å². The molecule has 2 rings (SSSR count). The number of nitrogens with zero attached hydrogens (tertiary/aromatic N) is 2. The highest BCUT2D eigenvalue weighted by Gasteiger charge is 2.35. The summed E-state index contributed by atoms with van der Waals surface area (Å²) in [6.45, 7) is 7.19. The lowest BCUT2D eigenvalue weighted by molar-refractivity contribution is -0.0804. The summed E-state index contributed by atoms with van der Waals surface area (Å²) in [5.74, 6) is 0. The number of aromatic nitrogens is 1. The molecule has 1 fully saturated rings. The van der Waals surface area contributed by atoms with E-state index in [4.69, 9.17) is 4.74 Å². The molecule has 0 radical (unpaired) electrons.